The second kappa shape index (κ2) is 6.77. The van der Waals surface area contributed by atoms with E-state index in [2.05, 4.69) is 15.9 Å². The summed E-state index contributed by atoms with van der Waals surface area (Å²) < 4.78 is 5.96. The lowest BCUT2D eigenvalue weighted by Gasteiger charge is -2.10. The highest BCUT2D eigenvalue weighted by molar-refractivity contribution is 9.10. The molecule has 1 unspecified atom stereocenters. The highest BCUT2D eigenvalue weighted by atomic mass is 79.9. The zero-order chi connectivity index (χ0) is 12.8. The monoisotopic (exact) mass is 300 g/mol. The van der Waals surface area contributed by atoms with E-state index in [1.54, 1.807) is 13.2 Å². The Morgan fingerprint density at radius 3 is 2.82 bits per heavy atom. The van der Waals surface area contributed by atoms with Crippen LogP contribution in [-0.4, -0.2) is 24.1 Å². The second-order valence-electron chi connectivity index (χ2n) is 3.90. The molecule has 0 aliphatic heterocycles. The van der Waals surface area contributed by atoms with Gasteiger partial charge < -0.3 is 9.84 Å². The van der Waals surface area contributed by atoms with Gasteiger partial charge in [-0.25, -0.2) is 0 Å². The van der Waals surface area contributed by atoms with Gasteiger partial charge in [0.15, 0.2) is 5.78 Å². The van der Waals surface area contributed by atoms with E-state index in [4.69, 9.17) is 4.74 Å². The molecule has 0 saturated heterocycles. The Morgan fingerprint density at radius 1 is 1.53 bits per heavy atom. The van der Waals surface area contributed by atoms with Gasteiger partial charge in [0, 0.05) is 10.9 Å². The Kier molecular flexibility index (Phi) is 5.65. The van der Waals surface area contributed by atoms with Crippen LogP contribution in [0.3, 0.4) is 0 Å². The number of hydrogen-bond donors (Lipinski definition) is 1. The van der Waals surface area contributed by atoms with Crippen molar-refractivity contribution in [3.05, 3.63) is 28.2 Å². The molecule has 4 heteroatoms. The van der Waals surface area contributed by atoms with Gasteiger partial charge in [-0.3, -0.25) is 4.79 Å². The summed E-state index contributed by atoms with van der Waals surface area (Å²) in [7, 11) is 1.58. The van der Waals surface area contributed by atoms with E-state index < -0.39 is 6.10 Å². The highest BCUT2D eigenvalue weighted by Crippen LogP contribution is 2.23. The van der Waals surface area contributed by atoms with E-state index in [-0.39, 0.29) is 12.2 Å². The van der Waals surface area contributed by atoms with E-state index in [0.717, 1.165) is 16.5 Å². The number of rotatable bonds is 6. The highest BCUT2D eigenvalue weighted by Gasteiger charge is 2.16. The molecule has 3 nitrogen and oxygen atoms in total. The van der Waals surface area contributed by atoms with Gasteiger partial charge in [-0.15, -0.1) is 0 Å². The number of ether oxygens (including phenoxy) is 1. The fraction of sp³-hybridized carbons (Fsp3) is 0.462. The molecule has 1 aromatic rings. The first-order valence-electron chi connectivity index (χ1n) is 5.61. The van der Waals surface area contributed by atoms with Crippen molar-refractivity contribution in [2.45, 2.75) is 32.3 Å². The van der Waals surface area contributed by atoms with Crippen molar-refractivity contribution in [3.63, 3.8) is 0 Å². The largest absolute Gasteiger partial charge is 0.497 e. The number of halogens is 1. The summed E-state index contributed by atoms with van der Waals surface area (Å²) >= 11 is 3.39. The molecule has 1 N–H and O–H groups in total. The maximum absolute atomic E-state index is 11.7. The molecule has 0 aliphatic carbocycles. The quantitative estimate of drug-likeness (QED) is 0.879. The van der Waals surface area contributed by atoms with Crippen LogP contribution < -0.4 is 4.74 Å². The van der Waals surface area contributed by atoms with Gasteiger partial charge in [0.2, 0.25) is 0 Å². The van der Waals surface area contributed by atoms with Gasteiger partial charge >= 0.3 is 0 Å². The van der Waals surface area contributed by atoms with Crippen LogP contribution in [0.2, 0.25) is 0 Å². The normalized spacial score (nSPS) is 12.2. The molecule has 1 aromatic carbocycles. The molecule has 0 saturated carbocycles. The van der Waals surface area contributed by atoms with Crippen LogP contribution in [0, 0.1) is 0 Å². The van der Waals surface area contributed by atoms with E-state index in [9.17, 15) is 9.90 Å². The van der Waals surface area contributed by atoms with Crippen molar-refractivity contribution in [2.75, 3.05) is 7.11 Å². The Morgan fingerprint density at radius 2 is 2.24 bits per heavy atom. The van der Waals surface area contributed by atoms with Gasteiger partial charge in [0.1, 0.15) is 11.9 Å². The Bertz CT molecular complexity index is 390. The summed E-state index contributed by atoms with van der Waals surface area (Å²) in [5, 5.41) is 9.60. The van der Waals surface area contributed by atoms with Gasteiger partial charge in [0.05, 0.1) is 7.11 Å². The van der Waals surface area contributed by atoms with Gasteiger partial charge in [0.25, 0.3) is 0 Å². The maximum atomic E-state index is 11.7. The lowest BCUT2D eigenvalue weighted by molar-refractivity contribution is -0.126. The predicted molar refractivity (Wildman–Crippen MR) is 70.3 cm³/mol. The van der Waals surface area contributed by atoms with Crippen molar-refractivity contribution in [3.8, 4) is 5.75 Å². The van der Waals surface area contributed by atoms with Crippen LogP contribution in [0.25, 0.3) is 0 Å². The first-order chi connectivity index (χ1) is 8.08. The van der Waals surface area contributed by atoms with Crippen molar-refractivity contribution >= 4 is 21.7 Å². The molecule has 0 spiro atoms. The van der Waals surface area contributed by atoms with Crippen molar-refractivity contribution < 1.29 is 14.6 Å². The average Bonchev–Trinajstić information content (AvgIpc) is 2.32. The summed E-state index contributed by atoms with van der Waals surface area (Å²) in [5.74, 6) is 0.557. The van der Waals surface area contributed by atoms with Crippen LogP contribution in [-0.2, 0) is 11.2 Å². The molecule has 0 amide bonds. The zero-order valence-electron chi connectivity index (χ0n) is 10.1. The molecule has 0 aromatic heterocycles. The van der Waals surface area contributed by atoms with Crippen LogP contribution >= 0.6 is 15.9 Å². The van der Waals surface area contributed by atoms with E-state index in [0.29, 0.717) is 12.2 Å². The van der Waals surface area contributed by atoms with Gasteiger partial charge in [-0.05, 0) is 30.2 Å². The van der Waals surface area contributed by atoms with Gasteiger partial charge in [-0.1, -0.05) is 29.3 Å². The standard InChI is InChI=1S/C13H17BrO3/c1-3-4-12(15)13(16)8-9-7-10(17-2)5-6-11(9)14/h5-7,12,15H,3-4,8H2,1-2H3. The number of aliphatic hydroxyl groups excluding tert-OH is 1. The van der Waals surface area contributed by atoms with Crippen LogP contribution in [0.1, 0.15) is 25.3 Å². The number of ketones is 1. The number of carbonyl (C=O) groups excluding carboxylic acids is 1. The molecule has 0 radical (unpaired) electrons. The molecule has 1 atom stereocenters. The van der Waals surface area contributed by atoms with E-state index >= 15 is 0 Å². The lowest BCUT2D eigenvalue weighted by Crippen LogP contribution is -2.22. The molecule has 0 heterocycles. The molecule has 1 rings (SSSR count). The van der Waals surface area contributed by atoms with Crippen molar-refractivity contribution in [1.29, 1.82) is 0 Å². The predicted octanol–water partition coefficient (Wildman–Crippen LogP) is 2.73. The summed E-state index contributed by atoms with van der Waals surface area (Å²) in [5.41, 5.74) is 0.838. The number of benzene rings is 1. The van der Waals surface area contributed by atoms with Crippen molar-refractivity contribution in [1.82, 2.24) is 0 Å². The minimum Gasteiger partial charge on any atom is -0.497 e. The van der Waals surface area contributed by atoms with Gasteiger partial charge in [-0.2, -0.15) is 0 Å². The fourth-order valence-electron chi connectivity index (χ4n) is 1.55. The Labute approximate surface area is 110 Å². The number of methoxy groups -OCH3 is 1. The summed E-state index contributed by atoms with van der Waals surface area (Å²) in [6, 6.07) is 5.47. The fourth-order valence-corrected chi connectivity index (χ4v) is 1.94. The first kappa shape index (κ1) is 14.2. The minimum atomic E-state index is -0.863. The first-order valence-corrected chi connectivity index (χ1v) is 6.41. The van der Waals surface area contributed by atoms with E-state index in [1.165, 1.54) is 0 Å². The number of aliphatic hydroxyl groups is 1. The van der Waals surface area contributed by atoms with E-state index in [1.807, 2.05) is 19.1 Å². The molecule has 17 heavy (non-hydrogen) atoms. The third-order valence-corrected chi connectivity index (χ3v) is 3.32. The van der Waals surface area contributed by atoms with Crippen LogP contribution in [0.15, 0.2) is 22.7 Å². The number of hydrogen-bond acceptors (Lipinski definition) is 3. The smallest absolute Gasteiger partial charge is 0.165 e. The van der Waals surface area contributed by atoms with Crippen LogP contribution in [0.5, 0.6) is 5.75 Å². The molecule has 0 aliphatic rings. The minimum absolute atomic E-state index is 0.152. The topological polar surface area (TPSA) is 46.5 Å². The third-order valence-electron chi connectivity index (χ3n) is 2.55. The second-order valence-corrected chi connectivity index (χ2v) is 4.76. The number of carbonyl (C=O) groups is 1. The van der Waals surface area contributed by atoms with Crippen LogP contribution in [0.4, 0.5) is 0 Å². The average molecular weight is 301 g/mol. The Balaban J connectivity index is 2.76. The maximum Gasteiger partial charge on any atom is 0.165 e. The third kappa shape index (κ3) is 4.13. The molecule has 0 bridgehead atoms. The number of Topliss-reactive ketones (excluding diaryl/α,β-unsaturated/α-hetero) is 1. The SMILES string of the molecule is CCCC(O)C(=O)Cc1cc(OC)ccc1Br. The summed E-state index contributed by atoms with van der Waals surface area (Å²) in [4.78, 5) is 11.7. The zero-order valence-corrected chi connectivity index (χ0v) is 11.7. The lowest BCUT2D eigenvalue weighted by atomic mass is 10.0. The summed E-state index contributed by atoms with van der Waals surface area (Å²) in [6.45, 7) is 1.94. The molecular formula is C13H17BrO3. The summed E-state index contributed by atoms with van der Waals surface area (Å²) in [6.07, 6.45) is 0.670. The van der Waals surface area contributed by atoms with Crippen molar-refractivity contribution in [2.24, 2.45) is 0 Å². The molecule has 0 fully saturated rings. The Hall–Kier alpha value is -0.870. The molecule has 94 valence electrons. The molecular weight excluding hydrogens is 284 g/mol.